The van der Waals surface area contributed by atoms with E-state index in [1.54, 1.807) is 11.8 Å². The minimum Gasteiger partial charge on any atom is -0.480 e. The minimum absolute atomic E-state index is 0.0339. The first-order valence-corrected chi connectivity index (χ1v) is 8.26. The van der Waals surface area contributed by atoms with Gasteiger partial charge in [-0.1, -0.05) is 12.8 Å². The SMILES string of the molecule is CSc1ccc(NC(=O)N(CC(=O)O)C2CCCC2)cc1. The number of benzene rings is 1. The second kappa shape index (κ2) is 7.36. The van der Waals surface area contributed by atoms with Gasteiger partial charge in [0.1, 0.15) is 6.54 Å². The summed E-state index contributed by atoms with van der Waals surface area (Å²) in [6.07, 6.45) is 5.85. The molecule has 2 amide bonds. The van der Waals surface area contributed by atoms with Crippen molar-refractivity contribution in [2.75, 3.05) is 18.1 Å². The van der Waals surface area contributed by atoms with Crippen LogP contribution in [0, 0.1) is 0 Å². The number of rotatable bonds is 5. The lowest BCUT2D eigenvalue weighted by molar-refractivity contribution is -0.138. The van der Waals surface area contributed by atoms with Crippen molar-refractivity contribution in [3.63, 3.8) is 0 Å². The third kappa shape index (κ3) is 4.39. The number of nitrogens with one attached hydrogen (secondary N) is 1. The highest BCUT2D eigenvalue weighted by Gasteiger charge is 2.28. The normalized spacial score (nSPS) is 14.9. The number of carboxylic acid groups (broad SMARTS) is 1. The Morgan fingerprint density at radius 2 is 1.90 bits per heavy atom. The van der Waals surface area contributed by atoms with Crippen molar-refractivity contribution >= 4 is 29.4 Å². The Kier molecular flexibility index (Phi) is 5.50. The molecule has 0 unspecified atom stereocenters. The zero-order chi connectivity index (χ0) is 15.2. The lowest BCUT2D eigenvalue weighted by atomic mass is 10.2. The van der Waals surface area contributed by atoms with Crippen LogP contribution in [0.3, 0.4) is 0 Å². The molecule has 0 spiro atoms. The van der Waals surface area contributed by atoms with E-state index in [9.17, 15) is 9.59 Å². The fourth-order valence-corrected chi connectivity index (χ4v) is 3.01. The highest BCUT2D eigenvalue weighted by atomic mass is 32.2. The average molecular weight is 308 g/mol. The molecule has 1 aromatic rings. The minimum atomic E-state index is -0.977. The van der Waals surface area contributed by atoms with Gasteiger partial charge in [0.05, 0.1) is 0 Å². The summed E-state index contributed by atoms with van der Waals surface area (Å²) >= 11 is 1.63. The summed E-state index contributed by atoms with van der Waals surface area (Å²) < 4.78 is 0. The van der Waals surface area contributed by atoms with Gasteiger partial charge in [0, 0.05) is 16.6 Å². The van der Waals surface area contributed by atoms with E-state index in [4.69, 9.17) is 5.11 Å². The lowest BCUT2D eigenvalue weighted by Gasteiger charge is -2.27. The largest absolute Gasteiger partial charge is 0.480 e. The number of aliphatic carboxylic acids is 1. The number of nitrogens with zero attached hydrogens (tertiary/aromatic N) is 1. The molecule has 0 aromatic heterocycles. The van der Waals surface area contributed by atoms with Gasteiger partial charge in [-0.3, -0.25) is 4.79 Å². The van der Waals surface area contributed by atoms with Crippen molar-refractivity contribution in [1.29, 1.82) is 0 Å². The van der Waals surface area contributed by atoms with E-state index in [1.165, 1.54) is 4.90 Å². The quantitative estimate of drug-likeness (QED) is 0.819. The number of carbonyl (C=O) groups excluding carboxylic acids is 1. The predicted octanol–water partition coefficient (Wildman–Crippen LogP) is 3.27. The Balaban J connectivity index is 2.04. The molecule has 1 saturated carbocycles. The summed E-state index contributed by atoms with van der Waals surface area (Å²) in [6.45, 7) is -0.251. The number of hydrogen-bond acceptors (Lipinski definition) is 3. The van der Waals surface area contributed by atoms with Crippen LogP contribution in [0.15, 0.2) is 29.2 Å². The molecule has 0 heterocycles. The van der Waals surface area contributed by atoms with Gasteiger partial charge in [0.2, 0.25) is 0 Å². The Morgan fingerprint density at radius 3 is 2.43 bits per heavy atom. The van der Waals surface area contributed by atoms with Crippen molar-refractivity contribution in [3.05, 3.63) is 24.3 Å². The third-order valence-electron chi connectivity index (χ3n) is 3.67. The predicted molar refractivity (Wildman–Crippen MR) is 83.8 cm³/mol. The van der Waals surface area contributed by atoms with Gasteiger partial charge in [0.15, 0.2) is 0 Å². The van der Waals surface area contributed by atoms with Gasteiger partial charge in [-0.15, -0.1) is 11.8 Å². The number of anilines is 1. The van der Waals surface area contributed by atoms with E-state index in [0.717, 1.165) is 30.6 Å². The maximum absolute atomic E-state index is 12.3. The topological polar surface area (TPSA) is 69.6 Å². The van der Waals surface area contributed by atoms with Gasteiger partial charge >= 0.3 is 12.0 Å². The fraction of sp³-hybridized carbons (Fsp3) is 0.467. The second-order valence-corrected chi connectivity index (χ2v) is 6.00. The van der Waals surface area contributed by atoms with Crippen LogP contribution >= 0.6 is 11.8 Å². The monoisotopic (exact) mass is 308 g/mol. The van der Waals surface area contributed by atoms with Crippen LogP contribution in [-0.4, -0.2) is 40.8 Å². The zero-order valence-corrected chi connectivity index (χ0v) is 12.9. The van der Waals surface area contributed by atoms with Crippen LogP contribution in [0.1, 0.15) is 25.7 Å². The molecule has 0 bridgehead atoms. The average Bonchev–Trinajstić information content (AvgIpc) is 2.99. The van der Waals surface area contributed by atoms with Crippen LogP contribution in [0.25, 0.3) is 0 Å². The Labute approximate surface area is 128 Å². The van der Waals surface area contributed by atoms with Crippen molar-refractivity contribution in [1.82, 2.24) is 4.90 Å². The Hall–Kier alpha value is -1.69. The first kappa shape index (κ1) is 15.7. The maximum Gasteiger partial charge on any atom is 0.323 e. The molecule has 0 atom stereocenters. The van der Waals surface area contributed by atoms with Crippen LogP contribution in [0.5, 0.6) is 0 Å². The van der Waals surface area contributed by atoms with E-state index in [1.807, 2.05) is 30.5 Å². The van der Waals surface area contributed by atoms with Crippen LogP contribution in [0.4, 0.5) is 10.5 Å². The molecule has 1 aliphatic carbocycles. The summed E-state index contributed by atoms with van der Waals surface area (Å²) in [4.78, 5) is 25.9. The summed E-state index contributed by atoms with van der Waals surface area (Å²) in [7, 11) is 0. The summed E-state index contributed by atoms with van der Waals surface area (Å²) in [5.74, 6) is -0.977. The summed E-state index contributed by atoms with van der Waals surface area (Å²) in [5.41, 5.74) is 0.686. The molecule has 6 heteroatoms. The van der Waals surface area contributed by atoms with Crippen molar-refractivity contribution < 1.29 is 14.7 Å². The summed E-state index contributed by atoms with van der Waals surface area (Å²) in [6, 6.07) is 7.22. The molecule has 0 aliphatic heterocycles. The van der Waals surface area contributed by atoms with E-state index in [-0.39, 0.29) is 18.6 Å². The fourth-order valence-electron chi connectivity index (χ4n) is 2.60. The standard InChI is InChI=1S/C15H20N2O3S/c1-21-13-8-6-11(7-9-13)16-15(20)17(10-14(18)19)12-4-2-3-5-12/h6-9,12H,2-5,10H2,1H3,(H,16,20)(H,18,19). The third-order valence-corrected chi connectivity index (χ3v) is 4.42. The van der Waals surface area contributed by atoms with Gasteiger partial charge in [-0.2, -0.15) is 0 Å². The Morgan fingerprint density at radius 1 is 1.29 bits per heavy atom. The molecule has 0 saturated heterocycles. The van der Waals surface area contributed by atoms with E-state index in [0.29, 0.717) is 5.69 Å². The molecule has 1 aromatic carbocycles. The summed E-state index contributed by atoms with van der Waals surface area (Å²) in [5, 5.41) is 11.8. The maximum atomic E-state index is 12.3. The lowest BCUT2D eigenvalue weighted by Crippen LogP contribution is -2.44. The van der Waals surface area contributed by atoms with Crippen LogP contribution in [-0.2, 0) is 4.79 Å². The molecule has 1 fully saturated rings. The second-order valence-electron chi connectivity index (χ2n) is 5.12. The number of carbonyl (C=O) groups is 2. The van der Waals surface area contributed by atoms with Crippen molar-refractivity contribution in [2.45, 2.75) is 36.6 Å². The van der Waals surface area contributed by atoms with E-state index < -0.39 is 5.97 Å². The number of carboxylic acids is 1. The van der Waals surface area contributed by atoms with Crippen molar-refractivity contribution in [2.24, 2.45) is 0 Å². The first-order valence-electron chi connectivity index (χ1n) is 7.03. The molecule has 114 valence electrons. The molecule has 2 rings (SSSR count). The smallest absolute Gasteiger partial charge is 0.323 e. The van der Waals surface area contributed by atoms with Crippen LogP contribution in [0.2, 0.25) is 0 Å². The first-order chi connectivity index (χ1) is 10.1. The van der Waals surface area contributed by atoms with Crippen molar-refractivity contribution in [3.8, 4) is 0 Å². The molecule has 0 radical (unpaired) electrons. The van der Waals surface area contributed by atoms with Gasteiger partial charge in [0.25, 0.3) is 0 Å². The number of thioether (sulfide) groups is 1. The highest BCUT2D eigenvalue weighted by Crippen LogP contribution is 2.24. The van der Waals surface area contributed by atoms with Gasteiger partial charge in [-0.05, 0) is 43.4 Å². The van der Waals surface area contributed by atoms with E-state index in [2.05, 4.69) is 5.32 Å². The zero-order valence-electron chi connectivity index (χ0n) is 12.0. The molecule has 1 aliphatic rings. The number of hydrogen-bond donors (Lipinski definition) is 2. The molecular formula is C15H20N2O3S. The molecule has 5 nitrogen and oxygen atoms in total. The molecular weight excluding hydrogens is 288 g/mol. The Bertz CT molecular complexity index is 498. The van der Waals surface area contributed by atoms with E-state index >= 15 is 0 Å². The number of amides is 2. The van der Waals surface area contributed by atoms with Crippen LogP contribution < -0.4 is 5.32 Å². The number of urea groups is 1. The van der Waals surface area contributed by atoms with Gasteiger partial charge in [-0.25, -0.2) is 4.79 Å². The highest BCUT2D eigenvalue weighted by molar-refractivity contribution is 7.98. The molecule has 21 heavy (non-hydrogen) atoms. The molecule has 2 N–H and O–H groups in total. The van der Waals surface area contributed by atoms with Gasteiger partial charge < -0.3 is 15.3 Å².